The number of rotatable bonds is 9. The van der Waals surface area contributed by atoms with E-state index in [1.165, 1.54) is 0 Å². The molecule has 1 saturated carbocycles. The number of aliphatic imine (C=N–C) groups is 1. The summed E-state index contributed by atoms with van der Waals surface area (Å²) in [6.07, 6.45) is 3.00. The number of carbonyl (C=O) groups is 1. The van der Waals surface area contributed by atoms with Crippen LogP contribution >= 0.6 is 0 Å². The highest BCUT2D eigenvalue weighted by Gasteiger charge is 2.28. The lowest BCUT2D eigenvalue weighted by Gasteiger charge is -2.11. The molecule has 0 spiro atoms. The molecule has 1 fully saturated rings. The number of carbonyl (C=O) groups excluding carboxylic acids is 1. The predicted octanol–water partition coefficient (Wildman–Crippen LogP) is 0.104. The highest BCUT2D eigenvalue weighted by molar-refractivity contribution is 5.81. The Morgan fingerprint density at radius 2 is 2.00 bits per heavy atom. The monoisotopic (exact) mass is 270 g/mol. The number of hydrogen-bond acceptors (Lipinski definition) is 3. The van der Waals surface area contributed by atoms with E-state index in [9.17, 15) is 4.79 Å². The first-order chi connectivity index (χ1) is 9.27. The maximum absolute atomic E-state index is 11.4. The van der Waals surface area contributed by atoms with Crippen LogP contribution in [0.25, 0.3) is 0 Å². The molecule has 1 aliphatic carbocycles. The molecule has 0 heterocycles. The van der Waals surface area contributed by atoms with Gasteiger partial charge in [0.1, 0.15) is 0 Å². The Kier molecular flexibility index (Phi) is 7.97. The normalized spacial score (nSPS) is 15.2. The maximum atomic E-state index is 11.4. The number of nitrogens with zero attached hydrogens (tertiary/aromatic N) is 1. The number of hydrogen-bond donors (Lipinski definition) is 3. The second-order valence-electron chi connectivity index (χ2n) is 4.60. The fraction of sp³-hybridized carbons (Fsp3) is 0.846. The van der Waals surface area contributed by atoms with E-state index in [-0.39, 0.29) is 11.8 Å². The molecule has 19 heavy (non-hydrogen) atoms. The van der Waals surface area contributed by atoms with Crippen LogP contribution in [-0.4, -0.2) is 51.8 Å². The molecule has 6 nitrogen and oxygen atoms in total. The van der Waals surface area contributed by atoms with E-state index in [0.29, 0.717) is 13.1 Å². The van der Waals surface area contributed by atoms with Gasteiger partial charge < -0.3 is 20.7 Å². The van der Waals surface area contributed by atoms with Gasteiger partial charge in [0.15, 0.2) is 5.96 Å². The third-order valence-corrected chi connectivity index (χ3v) is 2.79. The van der Waals surface area contributed by atoms with Crippen molar-refractivity contribution in [3.63, 3.8) is 0 Å². The summed E-state index contributed by atoms with van der Waals surface area (Å²) in [4.78, 5) is 15.8. The van der Waals surface area contributed by atoms with Crippen molar-refractivity contribution in [2.24, 2.45) is 10.9 Å². The van der Waals surface area contributed by atoms with Crippen LogP contribution in [0.4, 0.5) is 0 Å². The largest absolute Gasteiger partial charge is 0.385 e. The number of guanidine groups is 1. The van der Waals surface area contributed by atoms with Crippen LogP contribution in [0.1, 0.15) is 26.2 Å². The summed E-state index contributed by atoms with van der Waals surface area (Å²) in [7, 11) is 1.69. The lowest BCUT2D eigenvalue weighted by atomic mass is 10.4. The minimum absolute atomic E-state index is 0.184. The minimum atomic E-state index is 0.184. The standard InChI is InChI=1S/C13H26N4O2/c1-3-14-13(16-7-4-10-19-2)17-9-8-15-12(18)11-5-6-11/h11H,3-10H2,1-2H3,(H,15,18)(H2,14,16,17). The Labute approximate surface area is 115 Å². The van der Waals surface area contributed by atoms with E-state index < -0.39 is 0 Å². The zero-order valence-electron chi connectivity index (χ0n) is 12.0. The average molecular weight is 270 g/mol. The van der Waals surface area contributed by atoms with Crippen molar-refractivity contribution in [1.29, 1.82) is 0 Å². The summed E-state index contributed by atoms with van der Waals surface area (Å²) in [6.45, 7) is 5.64. The molecule has 0 aromatic carbocycles. The van der Waals surface area contributed by atoms with Crippen LogP contribution < -0.4 is 16.0 Å². The fourth-order valence-corrected chi connectivity index (χ4v) is 1.60. The molecular weight excluding hydrogens is 244 g/mol. The van der Waals surface area contributed by atoms with Crippen molar-refractivity contribution in [3.05, 3.63) is 0 Å². The van der Waals surface area contributed by atoms with E-state index in [1.807, 2.05) is 6.92 Å². The van der Waals surface area contributed by atoms with Crippen molar-refractivity contribution in [3.8, 4) is 0 Å². The van der Waals surface area contributed by atoms with Gasteiger partial charge in [-0.15, -0.1) is 0 Å². The van der Waals surface area contributed by atoms with Gasteiger partial charge in [-0.3, -0.25) is 9.79 Å². The molecule has 0 aliphatic heterocycles. The topological polar surface area (TPSA) is 74.8 Å². The van der Waals surface area contributed by atoms with Crippen molar-refractivity contribution < 1.29 is 9.53 Å². The zero-order chi connectivity index (χ0) is 13.9. The predicted molar refractivity (Wildman–Crippen MR) is 76.2 cm³/mol. The van der Waals surface area contributed by atoms with Crippen molar-refractivity contribution in [2.75, 3.05) is 39.9 Å². The number of nitrogens with one attached hydrogen (secondary N) is 3. The molecule has 0 atom stereocenters. The molecule has 0 aromatic heterocycles. The van der Waals surface area contributed by atoms with E-state index in [1.54, 1.807) is 7.11 Å². The Balaban J connectivity index is 2.11. The molecule has 1 rings (SSSR count). The van der Waals surface area contributed by atoms with Crippen molar-refractivity contribution in [2.45, 2.75) is 26.2 Å². The SMILES string of the molecule is CCNC(=NCCCOC)NCCNC(=O)C1CC1. The molecule has 0 unspecified atom stereocenters. The summed E-state index contributed by atoms with van der Waals surface area (Å²) in [5, 5.41) is 9.28. The fourth-order valence-electron chi connectivity index (χ4n) is 1.60. The van der Waals surface area contributed by atoms with E-state index in [0.717, 1.165) is 44.9 Å². The molecule has 1 aliphatic rings. The summed E-state index contributed by atoms with van der Waals surface area (Å²) in [5.41, 5.74) is 0. The second kappa shape index (κ2) is 9.61. The van der Waals surface area contributed by atoms with Crippen LogP contribution in [0.3, 0.4) is 0 Å². The van der Waals surface area contributed by atoms with Crippen LogP contribution in [0.5, 0.6) is 0 Å². The van der Waals surface area contributed by atoms with Crippen LogP contribution in [0.2, 0.25) is 0 Å². The molecule has 0 saturated heterocycles. The Bertz CT molecular complexity index is 290. The first-order valence-electron chi connectivity index (χ1n) is 7.06. The molecule has 110 valence electrons. The summed E-state index contributed by atoms with van der Waals surface area (Å²) in [5.74, 6) is 1.25. The second-order valence-corrected chi connectivity index (χ2v) is 4.60. The highest BCUT2D eigenvalue weighted by Crippen LogP contribution is 2.28. The van der Waals surface area contributed by atoms with Gasteiger partial charge in [-0.1, -0.05) is 0 Å². The quantitative estimate of drug-likeness (QED) is 0.316. The molecule has 0 aromatic rings. The smallest absolute Gasteiger partial charge is 0.223 e. The van der Waals surface area contributed by atoms with Crippen LogP contribution in [0.15, 0.2) is 4.99 Å². The Hall–Kier alpha value is -1.30. The van der Waals surface area contributed by atoms with Crippen molar-refractivity contribution >= 4 is 11.9 Å². The molecular formula is C13H26N4O2. The molecule has 1 amide bonds. The summed E-state index contributed by atoms with van der Waals surface area (Å²) in [6, 6.07) is 0. The van der Waals surface area contributed by atoms with E-state index >= 15 is 0 Å². The minimum Gasteiger partial charge on any atom is -0.385 e. The first kappa shape index (κ1) is 15.8. The first-order valence-corrected chi connectivity index (χ1v) is 7.06. The van der Waals surface area contributed by atoms with Gasteiger partial charge in [0.2, 0.25) is 5.91 Å². The maximum Gasteiger partial charge on any atom is 0.223 e. The van der Waals surface area contributed by atoms with Gasteiger partial charge in [0.05, 0.1) is 0 Å². The van der Waals surface area contributed by atoms with E-state index in [4.69, 9.17) is 4.74 Å². The molecule has 3 N–H and O–H groups in total. The molecule has 0 radical (unpaired) electrons. The molecule has 6 heteroatoms. The van der Waals surface area contributed by atoms with Gasteiger partial charge in [0, 0.05) is 45.8 Å². The van der Waals surface area contributed by atoms with Gasteiger partial charge >= 0.3 is 0 Å². The average Bonchev–Trinajstić information content (AvgIpc) is 3.23. The lowest BCUT2D eigenvalue weighted by molar-refractivity contribution is -0.122. The summed E-state index contributed by atoms with van der Waals surface area (Å²) < 4.78 is 4.98. The van der Waals surface area contributed by atoms with Gasteiger partial charge in [-0.05, 0) is 26.2 Å². The van der Waals surface area contributed by atoms with Gasteiger partial charge in [-0.2, -0.15) is 0 Å². The number of ether oxygens (including phenoxy) is 1. The van der Waals surface area contributed by atoms with Crippen molar-refractivity contribution in [1.82, 2.24) is 16.0 Å². The lowest BCUT2D eigenvalue weighted by Crippen LogP contribution is -2.41. The number of amides is 1. The third kappa shape index (κ3) is 7.66. The summed E-state index contributed by atoms with van der Waals surface area (Å²) >= 11 is 0. The van der Waals surface area contributed by atoms with Gasteiger partial charge in [-0.25, -0.2) is 0 Å². The Morgan fingerprint density at radius 1 is 1.26 bits per heavy atom. The Morgan fingerprint density at radius 3 is 2.63 bits per heavy atom. The highest BCUT2D eigenvalue weighted by atomic mass is 16.5. The van der Waals surface area contributed by atoms with E-state index in [2.05, 4.69) is 20.9 Å². The van der Waals surface area contributed by atoms with Gasteiger partial charge in [0.25, 0.3) is 0 Å². The zero-order valence-corrected chi connectivity index (χ0v) is 12.0. The van der Waals surface area contributed by atoms with Crippen LogP contribution in [0, 0.1) is 5.92 Å². The number of methoxy groups -OCH3 is 1. The third-order valence-electron chi connectivity index (χ3n) is 2.79. The van der Waals surface area contributed by atoms with Crippen LogP contribution in [-0.2, 0) is 9.53 Å². The molecule has 0 bridgehead atoms.